The average Bonchev–Trinajstić information content (AvgIpc) is 2.43. The zero-order valence-corrected chi connectivity index (χ0v) is 11.4. The summed E-state index contributed by atoms with van der Waals surface area (Å²) >= 11 is 5.83. The van der Waals surface area contributed by atoms with Crippen LogP contribution in [0, 0.1) is 0 Å². The molecule has 2 aromatic rings. The zero-order chi connectivity index (χ0) is 13.7. The molecule has 19 heavy (non-hydrogen) atoms. The van der Waals surface area contributed by atoms with Crippen molar-refractivity contribution in [1.29, 1.82) is 0 Å². The highest BCUT2D eigenvalue weighted by Gasteiger charge is 2.01. The Kier molecular flexibility index (Phi) is 4.58. The highest BCUT2D eigenvalue weighted by Crippen LogP contribution is 2.11. The van der Waals surface area contributed by atoms with E-state index in [4.69, 9.17) is 16.3 Å². The maximum absolute atomic E-state index is 11.6. The topological polar surface area (TPSA) is 44.1 Å². The van der Waals surface area contributed by atoms with E-state index >= 15 is 0 Å². The van der Waals surface area contributed by atoms with Crippen LogP contribution in [0.1, 0.15) is 12.0 Å². The standard InChI is InChI=1S/C14H15ClN2O2/c1-19-13-8-9-14(18)17(16-13)10-2-3-11-4-6-12(15)7-5-11/h4-9H,2-3,10H2,1H3. The number of aromatic nitrogens is 2. The second-order valence-corrected chi connectivity index (χ2v) is 4.60. The molecule has 2 rings (SSSR count). The molecule has 0 atom stereocenters. The van der Waals surface area contributed by atoms with E-state index in [2.05, 4.69) is 5.10 Å². The Labute approximate surface area is 116 Å². The Hall–Kier alpha value is -1.81. The minimum atomic E-state index is -0.114. The van der Waals surface area contributed by atoms with Crippen molar-refractivity contribution in [3.05, 3.63) is 57.3 Å². The van der Waals surface area contributed by atoms with E-state index in [1.54, 1.807) is 6.07 Å². The van der Waals surface area contributed by atoms with Gasteiger partial charge in [0.1, 0.15) is 0 Å². The monoisotopic (exact) mass is 278 g/mol. The number of hydrogen-bond acceptors (Lipinski definition) is 3. The van der Waals surface area contributed by atoms with Gasteiger partial charge < -0.3 is 4.74 Å². The minimum absolute atomic E-state index is 0.114. The van der Waals surface area contributed by atoms with Crippen LogP contribution >= 0.6 is 11.6 Å². The average molecular weight is 279 g/mol. The number of rotatable bonds is 5. The number of ether oxygens (including phenoxy) is 1. The number of nitrogens with zero attached hydrogens (tertiary/aromatic N) is 2. The van der Waals surface area contributed by atoms with Gasteiger partial charge in [-0.2, -0.15) is 0 Å². The van der Waals surface area contributed by atoms with Crippen molar-refractivity contribution < 1.29 is 4.74 Å². The third-order valence-electron chi connectivity index (χ3n) is 2.80. The highest BCUT2D eigenvalue weighted by atomic mass is 35.5. The Bertz CT molecular complexity index is 593. The first-order valence-electron chi connectivity index (χ1n) is 6.05. The highest BCUT2D eigenvalue weighted by molar-refractivity contribution is 6.30. The molecule has 5 heteroatoms. The molecule has 0 unspecified atom stereocenters. The first-order chi connectivity index (χ1) is 9.19. The molecule has 100 valence electrons. The van der Waals surface area contributed by atoms with Crippen LogP contribution in [-0.4, -0.2) is 16.9 Å². The molecule has 0 fully saturated rings. The maximum Gasteiger partial charge on any atom is 0.266 e. The van der Waals surface area contributed by atoms with E-state index in [0.717, 1.165) is 17.9 Å². The van der Waals surface area contributed by atoms with Crippen LogP contribution in [0.2, 0.25) is 5.02 Å². The van der Waals surface area contributed by atoms with Gasteiger partial charge in [0.15, 0.2) is 0 Å². The number of benzene rings is 1. The van der Waals surface area contributed by atoms with E-state index in [1.165, 1.54) is 23.4 Å². The molecule has 0 spiro atoms. The van der Waals surface area contributed by atoms with E-state index < -0.39 is 0 Å². The molecular weight excluding hydrogens is 264 g/mol. The minimum Gasteiger partial charge on any atom is -0.480 e. The first kappa shape index (κ1) is 13.6. The molecule has 0 bridgehead atoms. The van der Waals surface area contributed by atoms with Gasteiger partial charge in [-0.15, -0.1) is 5.10 Å². The Balaban J connectivity index is 1.95. The smallest absolute Gasteiger partial charge is 0.266 e. The lowest BCUT2D eigenvalue weighted by molar-refractivity contribution is 0.374. The van der Waals surface area contributed by atoms with Crippen molar-refractivity contribution in [3.63, 3.8) is 0 Å². The van der Waals surface area contributed by atoms with Crippen molar-refractivity contribution >= 4 is 11.6 Å². The van der Waals surface area contributed by atoms with Gasteiger partial charge in [-0.25, -0.2) is 4.68 Å². The summed E-state index contributed by atoms with van der Waals surface area (Å²) in [4.78, 5) is 11.6. The largest absolute Gasteiger partial charge is 0.480 e. The van der Waals surface area contributed by atoms with Crippen LogP contribution in [0.25, 0.3) is 0 Å². The summed E-state index contributed by atoms with van der Waals surface area (Å²) in [7, 11) is 1.53. The predicted molar refractivity (Wildman–Crippen MR) is 74.8 cm³/mol. The van der Waals surface area contributed by atoms with Gasteiger partial charge in [0.05, 0.1) is 7.11 Å². The fourth-order valence-electron chi connectivity index (χ4n) is 1.78. The lowest BCUT2D eigenvalue weighted by Crippen LogP contribution is -2.22. The van der Waals surface area contributed by atoms with Gasteiger partial charge in [-0.3, -0.25) is 4.79 Å². The summed E-state index contributed by atoms with van der Waals surface area (Å²) in [5.41, 5.74) is 1.08. The number of aryl methyl sites for hydroxylation is 2. The van der Waals surface area contributed by atoms with Crippen molar-refractivity contribution in [3.8, 4) is 5.88 Å². The fraction of sp³-hybridized carbons (Fsp3) is 0.286. The second-order valence-electron chi connectivity index (χ2n) is 4.17. The van der Waals surface area contributed by atoms with E-state index in [-0.39, 0.29) is 5.56 Å². The van der Waals surface area contributed by atoms with Crippen molar-refractivity contribution in [2.75, 3.05) is 7.11 Å². The molecule has 0 aliphatic rings. The van der Waals surface area contributed by atoms with E-state index in [9.17, 15) is 4.79 Å². The van der Waals surface area contributed by atoms with Gasteiger partial charge in [0.25, 0.3) is 5.56 Å². The molecule has 0 amide bonds. The molecule has 1 aromatic carbocycles. The van der Waals surface area contributed by atoms with Crippen LogP contribution in [0.5, 0.6) is 5.88 Å². The summed E-state index contributed by atoms with van der Waals surface area (Å²) in [6.45, 7) is 0.568. The second kappa shape index (κ2) is 6.38. The predicted octanol–water partition coefficient (Wildman–Crippen LogP) is 2.54. The molecule has 1 heterocycles. The molecule has 0 aliphatic carbocycles. The molecule has 0 aliphatic heterocycles. The van der Waals surface area contributed by atoms with Crippen LogP contribution in [0.4, 0.5) is 0 Å². The van der Waals surface area contributed by atoms with E-state index in [0.29, 0.717) is 12.4 Å². The molecule has 0 radical (unpaired) electrons. The Morgan fingerprint density at radius 3 is 2.63 bits per heavy atom. The molecular formula is C14H15ClN2O2. The molecule has 0 N–H and O–H groups in total. The SMILES string of the molecule is COc1ccc(=O)n(CCCc2ccc(Cl)cc2)n1. The maximum atomic E-state index is 11.6. The first-order valence-corrected chi connectivity index (χ1v) is 6.43. The van der Waals surface area contributed by atoms with Crippen LogP contribution in [0.3, 0.4) is 0 Å². The Morgan fingerprint density at radius 2 is 1.95 bits per heavy atom. The van der Waals surface area contributed by atoms with Crippen molar-refractivity contribution in [2.24, 2.45) is 0 Å². The summed E-state index contributed by atoms with van der Waals surface area (Å²) < 4.78 is 6.43. The van der Waals surface area contributed by atoms with Crippen molar-refractivity contribution in [1.82, 2.24) is 9.78 Å². The van der Waals surface area contributed by atoms with Gasteiger partial charge in [0, 0.05) is 23.7 Å². The fourth-order valence-corrected chi connectivity index (χ4v) is 1.91. The van der Waals surface area contributed by atoms with Gasteiger partial charge in [-0.05, 0) is 30.5 Å². The van der Waals surface area contributed by atoms with Gasteiger partial charge >= 0.3 is 0 Å². The third-order valence-corrected chi connectivity index (χ3v) is 3.05. The number of hydrogen-bond donors (Lipinski definition) is 0. The lowest BCUT2D eigenvalue weighted by Gasteiger charge is -2.06. The Morgan fingerprint density at radius 1 is 1.21 bits per heavy atom. The van der Waals surface area contributed by atoms with Gasteiger partial charge in [-0.1, -0.05) is 23.7 Å². The lowest BCUT2D eigenvalue weighted by atomic mass is 10.1. The summed E-state index contributed by atoms with van der Waals surface area (Å²) in [5, 5.41) is 4.83. The van der Waals surface area contributed by atoms with Gasteiger partial charge in [0.2, 0.25) is 5.88 Å². The van der Waals surface area contributed by atoms with Crippen LogP contribution < -0.4 is 10.3 Å². The third kappa shape index (κ3) is 3.83. The molecule has 0 saturated heterocycles. The summed E-state index contributed by atoms with van der Waals surface area (Å²) in [6.07, 6.45) is 1.71. The van der Waals surface area contributed by atoms with Crippen molar-refractivity contribution in [2.45, 2.75) is 19.4 Å². The molecule has 0 saturated carbocycles. The number of methoxy groups -OCH3 is 1. The molecule has 4 nitrogen and oxygen atoms in total. The summed E-state index contributed by atoms with van der Waals surface area (Å²) in [5.74, 6) is 0.450. The molecule has 1 aromatic heterocycles. The van der Waals surface area contributed by atoms with Crippen LogP contribution in [0.15, 0.2) is 41.2 Å². The van der Waals surface area contributed by atoms with Crippen LogP contribution in [-0.2, 0) is 13.0 Å². The summed E-state index contributed by atoms with van der Waals surface area (Å²) in [6, 6.07) is 10.8. The normalized spacial score (nSPS) is 10.4. The van der Waals surface area contributed by atoms with E-state index in [1.807, 2.05) is 24.3 Å². The quantitative estimate of drug-likeness (QED) is 0.844. The zero-order valence-electron chi connectivity index (χ0n) is 10.7. The number of halogens is 1.